The van der Waals surface area contributed by atoms with Gasteiger partial charge in [0.1, 0.15) is 0 Å². The minimum Gasteiger partial charge on any atom is -0.468 e. The van der Waals surface area contributed by atoms with Crippen molar-refractivity contribution in [2.24, 2.45) is 5.41 Å². The van der Waals surface area contributed by atoms with Crippen LogP contribution >= 0.6 is 0 Å². The molecular weight excluding hydrogens is 208 g/mol. The standard InChI is InChI=1S/C12H16O4/c1-8(2)9-5-6-12(7-9,10(13)15-3)11(14)16-4/h5H,1,6-7H2,2-4H3. The highest BCUT2D eigenvalue weighted by Crippen LogP contribution is 2.41. The Bertz CT molecular complexity index is 349. The molecule has 0 bridgehead atoms. The van der Waals surface area contributed by atoms with Crippen LogP contribution in [0.25, 0.3) is 0 Å². The van der Waals surface area contributed by atoms with Gasteiger partial charge < -0.3 is 9.47 Å². The summed E-state index contributed by atoms with van der Waals surface area (Å²) in [6.07, 6.45) is 2.46. The van der Waals surface area contributed by atoms with Crippen molar-refractivity contribution in [2.45, 2.75) is 19.8 Å². The van der Waals surface area contributed by atoms with E-state index in [2.05, 4.69) is 16.1 Å². The molecule has 0 unspecified atom stereocenters. The van der Waals surface area contributed by atoms with Gasteiger partial charge >= 0.3 is 11.9 Å². The highest BCUT2D eigenvalue weighted by atomic mass is 16.5. The zero-order valence-corrected chi connectivity index (χ0v) is 9.83. The Morgan fingerprint density at radius 1 is 1.31 bits per heavy atom. The van der Waals surface area contributed by atoms with E-state index in [1.54, 1.807) is 0 Å². The van der Waals surface area contributed by atoms with Crippen molar-refractivity contribution in [1.29, 1.82) is 0 Å². The summed E-state index contributed by atoms with van der Waals surface area (Å²) in [6.45, 7) is 5.64. The molecule has 0 radical (unpaired) electrons. The molecule has 0 N–H and O–H groups in total. The van der Waals surface area contributed by atoms with Crippen molar-refractivity contribution in [1.82, 2.24) is 0 Å². The Balaban J connectivity index is 3.00. The Morgan fingerprint density at radius 3 is 2.12 bits per heavy atom. The van der Waals surface area contributed by atoms with Gasteiger partial charge in [0.15, 0.2) is 5.41 Å². The van der Waals surface area contributed by atoms with E-state index in [4.69, 9.17) is 0 Å². The highest BCUT2D eigenvalue weighted by molar-refractivity contribution is 6.01. The van der Waals surface area contributed by atoms with Crippen LogP contribution in [0.15, 0.2) is 23.8 Å². The Hall–Kier alpha value is -1.58. The normalized spacial score (nSPS) is 17.6. The molecule has 1 aliphatic rings. The van der Waals surface area contributed by atoms with Crippen LogP contribution in [0.5, 0.6) is 0 Å². The number of rotatable bonds is 3. The molecule has 0 aromatic rings. The molecule has 0 aliphatic heterocycles. The second kappa shape index (κ2) is 4.51. The van der Waals surface area contributed by atoms with Gasteiger partial charge in [0.25, 0.3) is 0 Å². The topological polar surface area (TPSA) is 52.6 Å². The molecule has 0 aromatic carbocycles. The van der Waals surface area contributed by atoms with E-state index in [9.17, 15) is 9.59 Å². The Morgan fingerprint density at radius 2 is 1.81 bits per heavy atom. The third-order valence-corrected chi connectivity index (χ3v) is 2.89. The quantitative estimate of drug-likeness (QED) is 0.540. The average molecular weight is 224 g/mol. The molecule has 0 aromatic heterocycles. The summed E-state index contributed by atoms with van der Waals surface area (Å²) in [7, 11) is 2.54. The summed E-state index contributed by atoms with van der Waals surface area (Å²) in [5, 5.41) is 0. The largest absolute Gasteiger partial charge is 0.468 e. The SMILES string of the molecule is C=C(C)C1=CCC(C(=O)OC)(C(=O)OC)C1. The van der Waals surface area contributed by atoms with Gasteiger partial charge in [0, 0.05) is 0 Å². The van der Waals surface area contributed by atoms with E-state index >= 15 is 0 Å². The lowest BCUT2D eigenvalue weighted by molar-refractivity contribution is -0.168. The summed E-state index contributed by atoms with van der Waals surface area (Å²) in [5.41, 5.74) is 0.558. The van der Waals surface area contributed by atoms with E-state index in [0.29, 0.717) is 12.8 Å². The fourth-order valence-electron chi connectivity index (χ4n) is 1.88. The molecule has 4 heteroatoms. The maximum Gasteiger partial charge on any atom is 0.323 e. The summed E-state index contributed by atoms with van der Waals surface area (Å²) < 4.78 is 9.37. The van der Waals surface area contributed by atoms with Crippen molar-refractivity contribution in [3.05, 3.63) is 23.8 Å². The molecule has 4 nitrogen and oxygen atoms in total. The predicted molar refractivity (Wildman–Crippen MR) is 58.6 cm³/mol. The molecule has 0 saturated carbocycles. The zero-order valence-electron chi connectivity index (χ0n) is 9.83. The van der Waals surface area contributed by atoms with E-state index in [-0.39, 0.29) is 0 Å². The van der Waals surface area contributed by atoms with E-state index in [1.807, 2.05) is 13.0 Å². The van der Waals surface area contributed by atoms with Crippen LogP contribution in [0.2, 0.25) is 0 Å². The van der Waals surface area contributed by atoms with Crippen LogP contribution < -0.4 is 0 Å². The van der Waals surface area contributed by atoms with E-state index in [1.165, 1.54) is 14.2 Å². The number of ether oxygens (including phenoxy) is 2. The summed E-state index contributed by atoms with van der Waals surface area (Å²) in [6, 6.07) is 0. The first kappa shape index (κ1) is 12.5. The molecule has 1 rings (SSSR count). The van der Waals surface area contributed by atoms with Crippen molar-refractivity contribution in [2.75, 3.05) is 14.2 Å². The van der Waals surface area contributed by atoms with Crippen molar-refractivity contribution >= 4 is 11.9 Å². The molecule has 0 saturated heterocycles. The van der Waals surface area contributed by atoms with Crippen LogP contribution in [0, 0.1) is 5.41 Å². The average Bonchev–Trinajstić information content (AvgIpc) is 2.73. The van der Waals surface area contributed by atoms with E-state index < -0.39 is 17.4 Å². The van der Waals surface area contributed by atoms with Gasteiger partial charge in [-0.25, -0.2) is 0 Å². The molecule has 0 fully saturated rings. The molecule has 0 atom stereocenters. The van der Waals surface area contributed by atoms with Crippen LogP contribution in [-0.2, 0) is 19.1 Å². The lowest BCUT2D eigenvalue weighted by atomic mass is 9.83. The minimum absolute atomic E-state index is 0.307. The number of hydrogen-bond donors (Lipinski definition) is 0. The van der Waals surface area contributed by atoms with E-state index in [0.717, 1.165) is 11.1 Å². The summed E-state index contributed by atoms with van der Waals surface area (Å²) in [4.78, 5) is 23.4. The number of esters is 2. The molecule has 88 valence electrons. The van der Waals surface area contributed by atoms with Crippen LogP contribution in [0.4, 0.5) is 0 Å². The molecule has 0 heterocycles. The van der Waals surface area contributed by atoms with Crippen LogP contribution in [-0.4, -0.2) is 26.2 Å². The van der Waals surface area contributed by atoms with Crippen LogP contribution in [0.1, 0.15) is 19.8 Å². The second-order valence-corrected chi connectivity index (χ2v) is 3.96. The van der Waals surface area contributed by atoms with Gasteiger partial charge in [-0.1, -0.05) is 18.2 Å². The first-order valence-electron chi connectivity index (χ1n) is 4.99. The van der Waals surface area contributed by atoms with Crippen molar-refractivity contribution < 1.29 is 19.1 Å². The maximum atomic E-state index is 11.7. The fourth-order valence-corrected chi connectivity index (χ4v) is 1.88. The summed E-state index contributed by atoms with van der Waals surface area (Å²) >= 11 is 0. The van der Waals surface area contributed by atoms with Gasteiger partial charge in [0.05, 0.1) is 14.2 Å². The number of methoxy groups -OCH3 is 2. The zero-order chi connectivity index (χ0) is 12.3. The van der Waals surface area contributed by atoms with Gasteiger partial charge in [-0.3, -0.25) is 9.59 Å². The number of allylic oxidation sites excluding steroid dienone is 3. The monoisotopic (exact) mass is 224 g/mol. The fraction of sp³-hybridized carbons (Fsp3) is 0.500. The van der Waals surface area contributed by atoms with Crippen molar-refractivity contribution in [3.63, 3.8) is 0 Å². The lowest BCUT2D eigenvalue weighted by Crippen LogP contribution is -2.39. The first-order chi connectivity index (χ1) is 7.47. The molecule has 0 amide bonds. The molecule has 1 aliphatic carbocycles. The minimum atomic E-state index is -1.21. The number of hydrogen-bond acceptors (Lipinski definition) is 4. The lowest BCUT2D eigenvalue weighted by Gasteiger charge is -2.23. The van der Waals surface area contributed by atoms with Gasteiger partial charge in [0.2, 0.25) is 0 Å². The van der Waals surface area contributed by atoms with Gasteiger partial charge in [-0.05, 0) is 25.3 Å². The van der Waals surface area contributed by atoms with Crippen molar-refractivity contribution in [3.8, 4) is 0 Å². The van der Waals surface area contributed by atoms with Crippen LogP contribution in [0.3, 0.4) is 0 Å². The third kappa shape index (κ3) is 1.87. The Kier molecular flexibility index (Phi) is 3.52. The second-order valence-electron chi connectivity index (χ2n) is 3.96. The maximum absolute atomic E-state index is 11.7. The highest BCUT2D eigenvalue weighted by Gasteiger charge is 2.50. The predicted octanol–water partition coefficient (Wildman–Crippen LogP) is 1.62. The smallest absolute Gasteiger partial charge is 0.323 e. The Labute approximate surface area is 94.9 Å². The first-order valence-corrected chi connectivity index (χ1v) is 4.99. The third-order valence-electron chi connectivity index (χ3n) is 2.89. The van der Waals surface area contributed by atoms with Gasteiger partial charge in [-0.2, -0.15) is 0 Å². The molecular formula is C12H16O4. The summed E-state index contributed by atoms with van der Waals surface area (Å²) in [5.74, 6) is -1.10. The van der Waals surface area contributed by atoms with Gasteiger partial charge in [-0.15, -0.1) is 0 Å². The number of carbonyl (C=O) groups is 2. The molecule has 0 spiro atoms. The molecule has 16 heavy (non-hydrogen) atoms. The number of carbonyl (C=O) groups excluding carboxylic acids is 2.